The molecule has 1 atom stereocenters. The summed E-state index contributed by atoms with van der Waals surface area (Å²) in [5, 5.41) is 5.99. The number of carbonyl (C=O) groups excluding carboxylic acids is 2. The Bertz CT molecular complexity index is 562. The Morgan fingerprint density at radius 2 is 1.74 bits per heavy atom. The topological polar surface area (TPSA) is 84.2 Å². The molecule has 1 saturated heterocycles. The molecule has 0 bridgehead atoms. The van der Waals surface area contributed by atoms with Gasteiger partial charge in [0.25, 0.3) is 0 Å². The lowest BCUT2D eigenvalue weighted by Gasteiger charge is -2.29. The van der Waals surface area contributed by atoms with Crippen LogP contribution in [0.3, 0.4) is 0 Å². The third kappa shape index (κ3) is 3.91. The Kier molecular flexibility index (Phi) is 4.96. The average molecular weight is 315 g/mol. The van der Waals surface area contributed by atoms with E-state index in [4.69, 9.17) is 5.73 Å². The SMILES string of the molecule is NCC1CCC(Nc2ccc(C3CCC(=O)NC3=O)cc2)CC1. The minimum absolute atomic E-state index is 0.169. The Labute approximate surface area is 137 Å². The van der Waals surface area contributed by atoms with Crippen molar-refractivity contribution in [1.29, 1.82) is 0 Å². The third-order valence-electron chi connectivity index (χ3n) is 5.10. The highest BCUT2D eigenvalue weighted by molar-refractivity contribution is 6.00. The van der Waals surface area contributed by atoms with Crippen LogP contribution < -0.4 is 16.4 Å². The zero-order valence-electron chi connectivity index (χ0n) is 13.4. The van der Waals surface area contributed by atoms with Gasteiger partial charge in [-0.1, -0.05) is 12.1 Å². The van der Waals surface area contributed by atoms with Crippen molar-refractivity contribution in [2.24, 2.45) is 11.7 Å². The van der Waals surface area contributed by atoms with E-state index in [1.807, 2.05) is 24.3 Å². The second-order valence-electron chi connectivity index (χ2n) is 6.72. The molecule has 1 aliphatic carbocycles. The molecule has 1 aliphatic heterocycles. The fourth-order valence-corrected chi connectivity index (χ4v) is 3.60. The van der Waals surface area contributed by atoms with Crippen LogP contribution in [0.2, 0.25) is 0 Å². The zero-order chi connectivity index (χ0) is 16.2. The Morgan fingerprint density at radius 3 is 2.35 bits per heavy atom. The van der Waals surface area contributed by atoms with Crippen molar-refractivity contribution >= 4 is 17.5 Å². The normalized spacial score (nSPS) is 28.3. The van der Waals surface area contributed by atoms with E-state index in [-0.39, 0.29) is 17.7 Å². The van der Waals surface area contributed by atoms with Crippen LogP contribution in [-0.2, 0) is 9.59 Å². The van der Waals surface area contributed by atoms with Gasteiger partial charge < -0.3 is 11.1 Å². The molecule has 1 saturated carbocycles. The summed E-state index contributed by atoms with van der Waals surface area (Å²) in [6.07, 6.45) is 5.74. The van der Waals surface area contributed by atoms with Gasteiger partial charge in [0.05, 0.1) is 5.92 Å². The number of hydrogen-bond donors (Lipinski definition) is 3. The second-order valence-corrected chi connectivity index (χ2v) is 6.72. The lowest BCUT2D eigenvalue weighted by molar-refractivity contribution is -0.134. The molecule has 1 heterocycles. The van der Waals surface area contributed by atoms with Crippen molar-refractivity contribution in [1.82, 2.24) is 5.32 Å². The molecule has 1 unspecified atom stereocenters. The predicted octanol–water partition coefficient (Wildman–Crippen LogP) is 2.14. The summed E-state index contributed by atoms with van der Waals surface area (Å²) in [5.74, 6) is 0.129. The number of carbonyl (C=O) groups is 2. The van der Waals surface area contributed by atoms with Crippen molar-refractivity contribution in [3.8, 4) is 0 Å². The first-order chi connectivity index (χ1) is 11.2. The lowest BCUT2D eigenvalue weighted by Crippen LogP contribution is -2.39. The van der Waals surface area contributed by atoms with Crippen LogP contribution in [0, 0.1) is 5.92 Å². The molecule has 3 rings (SSSR count). The van der Waals surface area contributed by atoms with E-state index in [9.17, 15) is 9.59 Å². The van der Waals surface area contributed by atoms with E-state index in [0.717, 1.165) is 30.6 Å². The van der Waals surface area contributed by atoms with Gasteiger partial charge >= 0.3 is 0 Å². The lowest BCUT2D eigenvalue weighted by atomic mass is 9.86. The average Bonchev–Trinajstić information content (AvgIpc) is 2.57. The summed E-state index contributed by atoms with van der Waals surface area (Å²) in [4.78, 5) is 23.1. The summed E-state index contributed by atoms with van der Waals surface area (Å²) >= 11 is 0. The molecular weight excluding hydrogens is 290 g/mol. The van der Waals surface area contributed by atoms with E-state index in [0.29, 0.717) is 24.8 Å². The van der Waals surface area contributed by atoms with Crippen LogP contribution >= 0.6 is 0 Å². The van der Waals surface area contributed by atoms with E-state index in [1.165, 1.54) is 12.8 Å². The number of rotatable bonds is 4. The largest absolute Gasteiger partial charge is 0.382 e. The van der Waals surface area contributed by atoms with Crippen molar-refractivity contribution in [3.05, 3.63) is 29.8 Å². The summed E-state index contributed by atoms with van der Waals surface area (Å²) in [7, 11) is 0. The van der Waals surface area contributed by atoms with Gasteiger partial charge in [0.1, 0.15) is 0 Å². The van der Waals surface area contributed by atoms with Crippen molar-refractivity contribution < 1.29 is 9.59 Å². The van der Waals surface area contributed by atoms with E-state index >= 15 is 0 Å². The van der Waals surface area contributed by atoms with Gasteiger partial charge in [-0.2, -0.15) is 0 Å². The number of hydrogen-bond acceptors (Lipinski definition) is 4. The first kappa shape index (κ1) is 16.0. The molecule has 1 aromatic carbocycles. The van der Waals surface area contributed by atoms with E-state index in [2.05, 4.69) is 10.6 Å². The fraction of sp³-hybridized carbons (Fsp3) is 0.556. The summed E-state index contributed by atoms with van der Waals surface area (Å²) in [5.41, 5.74) is 7.81. The van der Waals surface area contributed by atoms with Crippen LogP contribution in [0.25, 0.3) is 0 Å². The van der Waals surface area contributed by atoms with Gasteiger partial charge in [0.15, 0.2) is 0 Å². The molecule has 0 radical (unpaired) electrons. The van der Waals surface area contributed by atoms with E-state index in [1.54, 1.807) is 0 Å². The van der Waals surface area contributed by atoms with Crippen molar-refractivity contribution in [2.75, 3.05) is 11.9 Å². The van der Waals surface area contributed by atoms with E-state index < -0.39 is 0 Å². The highest BCUT2D eigenvalue weighted by Crippen LogP contribution is 2.28. The number of anilines is 1. The predicted molar refractivity (Wildman–Crippen MR) is 90.0 cm³/mol. The molecule has 4 N–H and O–H groups in total. The zero-order valence-corrected chi connectivity index (χ0v) is 13.4. The highest BCUT2D eigenvalue weighted by atomic mass is 16.2. The van der Waals surface area contributed by atoms with Crippen molar-refractivity contribution in [3.63, 3.8) is 0 Å². The summed E-state index contributed by atoms with van der Waals surface area (Å²) in [6.45, 7) is 0.799. The first-order valence-electron chi connectivity index (χ1n) is 8.56. The Hall–Kier alpha value is -1.88. The standard InChI is InChI=1S/C18H25N3O2/c19-11-12-1-5-14(6-2-12)20-15-7-3-13(4-8-15)16-9-10-17(22)21-18(16)23/h3-4,7-8,12,14,16,20H,1-2,5-6,9-11,19H2,(H,21,22,23). The molecule has 5 nitrogen and oxygen atoms in total. The van der Waals surface area contributed by atoms with Crippen LogP contribution in [0.15, 0.2) is 24.3 Å². The quantitative estimate of drug-likeness (QED) is 0.743. The van der Waals surface area contributed by atoms with Gasteiger partial charge in [-0.05, 0) is 62.3 Å². The fourth-order valence-electron chi connectivity index (χ4n) is 3.60. The van der Waals surface area contributed by atoms with Gasteiger partial charge in [0.2, 0.25) is 11.8 Å². The number of benzene rings is 1. The second kappa shape index (κ2) is 7.13. The highest BCUT2D eigenvalue weighted by Gasteiger charge is 2.27. The van der Waals surface area contributed by atoms with Crippen LogP contribution in [0.1, 0.15) is 50.0 Å². The molecule has 23 heavy (non-hydrogen) atoms. The molecular formula is C18H25N3O2. The molecule has 0 aromatic heterocycles. The number of imide groups is 1. The molecule has 2 amide bonds. The molecule has 0 spiro atoms. The Balaban J connectivity index is 1.57. The van der Waals surface area contributed by atoms with Crippen LogP contribution in [0.4, 0.5) is 5.69 Å². The van der Waals surface area contributed by atoms with Gasteiger partial charge in [0, 0.05) is 18.2 Å². The molecule has 124 valence electrons. The smallest absolute Gasteiger partial charge is 0.234 e. The number of nitrogens with one attached hydrogen (secondary N) is 2. The molecule has 2 fully saturated rings. The maximum Gasteiger partial charge on any atom is 0.234 e. The first-order valence-corrected chi connectivity index (χ1v) is 8.56. The number of nitrogens with two attached hydrogens (primary N) is 1. The molecule has 2 aliphatic rings. The number of amides is 2. The van der Waals surface area contributed by atoms with Gasteiger partial charge in [-0.3, -0.25) is 14.9 Å². The van der Waals surface area contributed by atoms with Crippen molar-refractivity contribution in [2.45, 2.75) is 50.5 Å². The minimum Gasteiger partial charge on any atom is -0.382 e. The Morgan fingerprint density at radius 1 is 1.04 bits per heavy atom. The van der Waals surface area contributed by atoms with Crippen LogP contribution in [0.5, 0.6) is 0 Å². The molecule has 5 heteroatoms. The minimum atomic E-state index is -0.207. The maximum atomic E-state index is 11.9. The summed E-state index contributed by atoms with van der Waals surface area (Å²) in [6, 6.07) is 8.57. The third-order valence-corrected chi connectivity index (χ3v) is 5.10. The monoisotopic (exact) mass is 315 g/mol. The molecule has 1 aromatic rings. The number of piperidine rings is 1. The summed E-state index contributed by atoms with van der Waals surface area (Å²) < 4.78 is 0. The maximum absolute atomic E-state index is 11.9. The van der Waals surface area contributed by atoms with Gasteiger partial charge in [-0.15, -0.1) is 0 Å². The van der Waals surface area contributed by atoms with Crippen LogP contribution in [-0.4, -0.2) is 24.4 Å². The van der Waals surface area contributed by atoms with Gasteiger partial charge in [-0.25, -0.2) is 0 Å².